The van der Waals surface area contributed by atoms with Crippen LogP contribution in [-0.2, 0) is 4.74 Å². The maximum absolute atomic E-state index is 12.1. The Morgan fingerprint density at radius 1 is 1.26 bits per heavy atom. The summed E-state index contributed by atoms with van der Waals surface area (Å²) in [6, 6.07) is 6.03. The van der Waals surface area contributed by atoms with Crippen LogP contribution in [0.4, 0.5) is 16.5 Å². The van der Waals surface area contributed by atoms with Crippen LogP contribution in [0.15, 0.2) is 22.6 Å². The average molecular weight is 318 g/mol. The SMILES string of the molecule is CC(C)(C)OC(=O)N1CCN(c2nc3c(N)cccc3o2)CC1. The minimum atomic E-state index is -0.480. The van der Waals surface area contributed by atoms with Crippen molar-refractivity contribution in [3.63, 3.8) is 0 Å². The zero-order chi connectivity index (χ0) is 16.6. The van der Waals surface area contributed by atoms with E-state index >= 15 is 0 Å². The van der Waals surface area contributed by atoms with Crippen molar-refractivity contribution in [3.05, 3.63) is 18.2 Å². The molecule has 0 unspecified atom stereocenters. The Morgan fingerprint density at radius 3 is 2.57 bits per heavy atom. The number of oxazole rings is 1. The van der Waals surface area contributed by atoms with Crippen LogP contribution in [0.25, 0.3) is 11.1 Å². The molecule has 0 aliphatic carbocycles. The van der Waals surface area contributed by atoms with Crippen LogP contribution in [0, 0.1) is 0 Å². The van der Waals surface area contributed by atoms with E-state index in [4.69, 9.17) is 14.9 Å². The molecular weight excluding hydrogens is 296 g/mol. The molecule has 1 fully saturated rings. The molecule has 0 saturated carbocycles. The molecular formula is C16H22N4O3. The molecule has 23 heavy (non-hydrogen) atoms. The number of para-hydroxylation sites is 1. The minimum absolute atomic E-state index is 0.279. The highest BCUT2D eigenvalue weighted by molar-refractivity contribution is 5.86. The van der Waals surface area contributed by atoms with Gasteiger partial charge in [-0.3, -0.25) is 0 Å². The molecule has 1 aromatic heterocycles. The van der Waals surface area contributed by atoms with Gasteiger partial charge in [-0.05, 0) is 32.9 Å². The van der Waals surface area contributed by atoms with Crippen LogP contribution in [0.1, 0.15) is 20.8 Å². The number of carbonyl (C=O) groups excluding carboxylic acids is 1. The highest BCUT2D eigenvalue weighted by Gasteiger charge is 2.27. The predicted octanol–water partition coefficient (Wildman–Crippen LogP) is 2.47. The van der Waals surface area contributed by atoms with Gasteiger partial charge in [0.05, 0.1) is 5.69 Å². The summed E-state index contributed by atoms with van der Waals surface area (Å²) in [6.45, 7) is 8.03. The van der Waals surface area contributed by atoms with E-state index in [1.165, 1.54) is 0 Å². The normalized spacial score (nSPS) is 16.0. The number of amides is 1. The molecule has 2 aromatic rings. The van der Waals surface area contributed by atoms with Crippen molar-refractivity contribution in [1.82, 2.24) is 9.88 Å². The number of benzene rings is 1. The van der Waals surface area contributed by atoms with Crippen molar-refractivity contribution in [3.8, 4) is 0 Å². The van der Waals surface area contributed by atoms with E-state index in [1.807, 2.05) is 37.8 Å². The molecule has 1 amide bonds. The summed E-state index contributed by atoms with van der Waals surface area (Å²) in [6.07, 6.45) is -0.279. The standard InChI is InChI=1S/C16H22N4O3/c1-16(2,3)23-15(21)20-9-7-19(8-10-20)14-18-13-11(17)5-4-6-12(13)22-14/h4-6H,7-10,17H2,1-3H3. The smallest absolute Gasteiger partial charge is 0.410 e. The number of nitrogens with two attached hydrogens (primary N) is 1. The maximum atomic E-state index is 12.1. The second-order valence-electron chi connectivity index (χ2n) is 6.64. The Kier molecular flexibility index (Phi) is 3.79. The van der Waals surface area contributed by atoms with Crippen molar-refractivity contribution >= 4 is 28.9 Å². The second kappa shape index (κ2) is 5.64. The quantitative estimate of drug-likeness (QED) is 0.813. The monoisotopic (exact) mass is 318 g/mol. The Balaban J connectivity index is 1.66. The van der Waals surface area contributed by atoms with Gasteiger partial charge in [0.15, 0.2) is 5.58 Å². The molecule has 7 nitrogen and oxygen atoms in total. The number of hydrogen-bond acceptors (Lipinski definition) is 6. The highest BCUT2D eigenvalue weighted by atomic mass is 16.6. The van der Waals surface area contributed by atoms with Crippen LogP contribution in [0.2, 0.25) is 0 Å². The lowest BCUT2D eigenvalue weighted by Crippen LogP contribution is -2.50. The molecule has 0 atom stereocenters. The van der Waals surface area contributed by atoms with Gasteiger partial charge in [0, 0.05) is 26.2 Å². The van der Waals surface area contributed by atoms with Crippen molar-refractivity contribution in [1.29, 1.82) is 0 Å². The molecule has 1 aromatic carbocycles. The average Bonchev–Trinajstić information content (AvgIpc) is 2.91. The number of piperazine rings is 1. The van der Waals surface area contributed by atoms with E-state index < -0.39 is 5.60 Å². The first-order chi connectivity index (χ1) is 10.8. The molecule has 7 heteroatoms. The van der Waals surface area contributed by atoms with Crippen LogP contribution >= 0.6 is 0 Å². The first-order valence-corrected chi connectivity index (χ1v) is 7.71. The third-order valence-corrected chi connectivity index (χ3v) is 3.64. The van der Waals surface area contributed by atoms with Gasteiger partial charge >= 0.3 is 6.09 Å². The van der Waals surface area contributed by atoms with Crippen molar-refractivity contribution in [2.45, 2.75) is 26.4 Å². The fraction of sp³-hybridized carbons (Fsp3) is 0.500. The van der Waals surface area contributed by atoms with Gasteiger partial charge in [0.1, 0.15) is 11.1 Å². The number of fused-ring (bicyclic) bond motifs is 1. The fourth-order valence-corrected chi connectivity index (χ4v) is 2.50. The number of nitrogens with zero attached hydrogens (tertiary/aromatic N) is 3. The van der Waals surface area contributed by atoms with Gasteiger partial charge in [-0.1, -0.05) is 6.07 Å². The molecule has 2 heterocycles. The summed E-state index contributed by atoms with van der Waals surface area (Å²) in [5.41, 5.74) is 7.38. The number of nitrogen functional groups attached to an aromatic ring is 1. The third kappa shape index (κ3) is 3.33. The fourth-order valence-electron chi connectivity index (χ4n) is 2.50. The molecule has 1 aliphatic rings. The molecule has 1 saturated heterocycles. The van der Waals surface area contributed by atoms with E-state index in [0.29, 0.717) is 49.0 Å². The number of carbonyl (C=O) groups is 1. The van der Waals surface area contributed by atoms with E-state index in [-0.39, 0.29) is 6.09 Å². The molecule has 1 aliphatic heterocycles. The summed E-state index contributed by atoms with van der Waals surface area (Å²) >= 11 is 0. The minimum Gasteiger partial charge on any atom is -0.444 e. The number of aromatic nitrogens is 1. The summed E-state index contributed by atoms with van der Waals surface area (Å²) in [5, 5.41) is 0. The lowest BCUT2D eigenvalue weighted by Gasteiger charge is -2.34. The van der Waals surface area contributed by atoms with E-state index in [1.54, 1.807) is 11.0 Å². The third-order valence-electron chi connectivity index (χ3n) is 3.64. The summed E-state index contributed by atoms with van der Waals surface area (Å²) in [4.78, 5) is 20.3. The molecule has 2 N–H and O–H groups in total. The number of anilines is 2. The molecule has 0 spiro atoms. The molecule has 0 radical (unpaired) electrons. The number of hydrogen-bond donors (Lipinski definition) is 1. The first-order valence-electron chi connectivity index (χ1n) is 7.71. The topological polar surface area (TPSA) is 84.8 Å². The zero-order valence-electron chi connectivity index (χ0n) is 13.7. The number of ether oxygens (including phenoxy) is 1. The predicted molar refractivity (Wildman–Crippen MR) is 88.4 cm³/mol. The highest BCUT2D eigenvalue weighted by Crippen LogP contribution is 2.26. The van der Waals surface area contributed by atoms with Gasteiger partial charge < -0.3 is 24.7 Å². The van der Waals surface area contributed by atoms with Gasteiger partial charge in [-0.15, -0.1) is 0 Å². The summed E-state index contributed by atoms with van der Waals surface area (Å²) in [5.74, 6) is 0. The summed E-state index contributed by atoms with van der Waals surface area (Å²) in [7, 11) is 0. The van der Waals surface area contributed by atoms with E-state index in [9.17, 15) is 4.79 Å². The Hall–Kier alpha value is -2.44. The van der Waals surface area contributed by atoms with E-state index in [0.717, 1.165) is 0 Å². The zero-order valence-corrected chi connectivity index (χ0v) is 13.7. The molecule has 0 bridgehead atoms. The van der Waals surface area contributed by atoms with Gasteiger partial charge in [0.25, 0.3) is 6.01 Å². The Labute approximate surface area is 135 Å². The lowest BCUT2D eigenvalue weighted by molar-refractivity contribution is 0.0239. The summed E-state index contributed by atoms with van der Waals surface area (Å²) < 4.78 is 11.2. The lowest BCUT2D eigenvalue weighted by atomic mass is 10.2. The second-order valence-corrected chi connectivity index (χ2v) is 6.64. The van der Waals surface area contributed by atoms with Crippen molar-refractivity contribution < 1.29 is 13.9 Å². The van der Waals surface area contributed by atoms with Gasteiger partial charge in [-0.2, -0.15) is 4.98 Å². The Bertz CT molecular complexity index is 712. The molecule has 3 rings (SSSR count). The van der Waals surface area contributed by atoms with Gasteiger partial charge in [-0.25, -0.2) is 4.79 Å². The van der Waals surface area contributed by atoms with Crippen LogP contribution in [-0.4, -0.2) is 47.8 Å². The van der Waals surface area contributed by atoms with Gasteiger partial charge in [0.2, 0.25) is 0 Å². The van der Waals surface area contributed by atoms with Crippen molar-refractivity contribution in [2.75, 3.05) is 36.8 Å². The Morgan fingerprint density at radius 2 is 1.96 bits per heavy atom. The van der Waals surface area contributed by atoms with Crippen LogP contribution in [0.3, 0.4) is 0 Å². The number of rotatable bonds is 1. The molecule has 124 valence electrons. The van der Waals surface area contributed by atoms with Crippen LogP contribution in [0.5, 0.6) is 0 Å². The van der Waals surface area contributed by atoms with Crippen molar-refractivity contribution in [2.24, 2.45) is 0 Å². The first kappa shape index (κ1) is 15.5. The van der Waals surface area contributed by atoms with Crippen LogP contribution < -0.4 is 10.6 Å². The largest absolute Gasteiger partial charge is 0.444 e. The van der Waals surface area contributed by atoms with E-state index in [2.05, 4.69) is 4.98 Å². The maximum Gasteiger partial charge on any atom is 0.410 e.